The van der Waals surface area contributed by atoms with E-state index in [1.807, 2.05) is 0 Å². The molecule has 14 heavy (non-hydrogen) atoms. The van der Waals surface area contributed by atoms with Gasteiger partial charge in [-0.1, -0.05) is 26.0 Å². The largest absolute Gasteiger partial charge is 0.396 e. The smallest absolute Gasteiger partial charge is 0.0497 e. The fourth-order valence-electron chi connectivity index (χ4n) is 2.09. The molecule has 0 bridgehead atoms. The normalized spacial score (nSPS) is 29.1. The van der Waals surface area contributed by atoms with E-state index < -0.39 is 0 Å². The van der Waals surface area contributed by atoms with Crippen LogP contribution in [-0.4, -0.2) is 17.4 Å². The Balaban J connectivity index is 2.33. The molecule has 2 aliphatic rings. The standard InChI is InChI=1S/C12H17NO/c1-8-12(2,3)10-5-4-9(7-14)6-11(10)13-8/h4-5,9,14H,6-7H2,1-3H3. The molecular weight excluding hydrogens is 174 g/mol. The van der Waals surface area contributed by atoms with E-state index in [1.54, 1.807) is 0 Å². The summed E-state index contributed by atoms with van der Waals surface area (Å²) in [6.45, 7) is 6.72. The first-order chi connectivity index (χ1) is 6.55. The van der Waals surface area contributed by atoms with Crippen molar-refractivity contribution in [3.63, 3.8) is 0 Å². The predicted molar refractivity (Wildman–Crippen MR) is 58.2 cm³/mol. The lowest BCUT2D eigenvalue weighted by molar-refractivity contribution is 0.250. The van der Waals surface area contributed by atoms with Gasteiger partial charge in [0.2, 0.25) is 0 Å². The third-order valence-electron chi connectivity index (χ3n) is 3.42. The molecule has 0 radical (unpaired) electrons. The summed E-state index contributed by atoms with van der Waals surface area (Å²) in [5.74, 6) is 0.263. The summed E-state index contributed by atoms with van der Waals surface area (Å²) in [6.07, 6.45) is 5.14. The van der Waals surface area contributed by atoms with Crippen LogP contribution in [0.4, 0.5) is 0 Å². The van der Waals surface area contributed by atoms with Crippen molar-refractivity contribution in [3.05, 3.63) is 23.4 Å². The molecule has 1 aliphatic heterocycles. The van der Waals surface area contributed by atoms with Crippen molar-refractivity contribution >= 4 is 5.71 Å². The average Bonchev–Trinajstić information content (AvgIpc) is 2.38. The minimum absolute atomic E-state index is 0.0895. The lowest BCUT2D eigenvalue weighted by Crippen LogP contribution is -2.21. The van der Waals surface area contributed by atoms with Gasteiger partial charge in [0.25, 0.3) is 0 Å². The number of allylic oxidation sites excluding steroid dienone is 3. The maximum Gasteiger partial charge on any atom is 0.0497 e. The first-order valence-corrected chi connectivity index (χ1v) is 5.14. The molecule has 0 saturated heterocycles. The van der Waals surface area contributed by atoms with Crippen LogP contribution in [0.2, 0.25) is 0 Å². The van der Waals surface area contributed by atoms with Gasteiger partial charge in [-0.2, -0.15) is 0 Å². The summed E-state index contributed by atoms with van der Waals surface area (Å²) in [7, 11) is 0. The minimum Gasteiger partial charge on any atom is -0.396 e. The van der Waals surface area contributed by atoms with E-state index in [0.717, 1.165) is 6.42 Å². The van der Waals surface area contributed by atoms with Crippen molar-refractivity contribution < 1.29 is 5.11 Å². The van der Waals surface area contributed by atoms with E-state index in [1.165, 1.54) is 17.0 Å². The van der Waals surface area contributed by atoms with Crippen LogP contribution >= 0.6 is 0 Å². The lowest BCUT2D eigenvalue weighted by atomic mass is 9.78. The number of rotatable bonds is 1. The monoisotopic (exact) mass is 191 g/mol. The van der Waals surface area contributed by atoms with E-state index in [4.69, 9.17) is 5.11 Å². The molecule has 2 rings (SSSR count). The molecule has 0 aromatic rings. The Hall–Kier alpha value is -0.890. The fraction of sp³-hybridized carbons (Fsp3) is 0.583. The maximum atomic E-state index is 9.08. The van der Waals surface area contributed by atoms with Gasteiger partial charge < -0.3 is 5.11 Å². The van der Waals surface area contributed by atoms with Crippen LogP contribution in [0.15, 0.2) is 28.4 Å². The molecule has 1 unspecified atom stereocenters. The van der Waals surface area contributed by atoms with Crippen LogP contribution in [0, 0.1) is 11.3 Å². The van der Waals surface area contributed by atoms with Crippen molar-refractivity contribution in [2.75, 3.05) is 6.61 Å². The third kappa shape index (κ3) is 1.25. The van der Waals surface area contributed by atoms with Gasteiger partial charge in [-0.3, -0.25) is 4.99 Å². The van der Waals surface area contributed by atoms with E-state index in [2.05, 4.69) is 37.9 Å². The molecular formula is C12H17NO. The van der Waals surface area contributed by atoms with Crippen LogP contribution in [-0.2, 0) is 0 Å². The quantitative estimate of drug-likeness (QED) is 0.677. The van der Waals surface area contributed by atoms with Crippen LogP contribution in [0.3, 0.4) is 0 Å². The summed E-state index contributed by atoms with van der Waals surface area (Å²) in [4.78, 5) is 4.60. The molecule has 1 N–H and O–H groups in total. The molecule has 1 heterocycles. The summed E-state index contributed by atoms with van der Waals surface area (Å²) >= 11 is 0. The van der Waals surface area contributed by atoms with Gasteiger partial charge in [0.05, 0.1) is 0 Å². The van der Waals surface area contributed by atoms with E-state index >= 15 is 0 Å². The zero-order chi connectivity index (χ0) is 10.3. The molecule has 0 aromatic heterocycles. The van der Waals surface area contributed by atoms with Crippen molar-refractivity contribution in [3.8, 4) is 0 Å². The molecule has 0 aromatic carbocycles. The second kappa shape index (κ2) is 3.06. The van der Waals surface area contributed by atoms with Gasteiger partial charge in [-0.25, -0.2) is 0 Å². The number of aliphatic hydroxyl groups excluding tert-OH is 1. The Bertz CT molecular complexity index is 347. The molecule has 1 atom stereocenters. The molecule has 2 heteroatoms. The van der Waals surface area contributed by atoms with Crippen molar-refractivity contribution in [1.29, 1.82) is 0 Å². The zero-order valence-corrected chi connectivity index (χ0v) is 9.04. The number of hydrogen-bond donors (Lipinski definition) is 1. The van der Waals surface area contributed by atoms with E-state index in [9.17, 15) is 0 Å². The van der Waals surface area contributed by atoms with E-state index in [0.29, 0.717) is 0 Å². The Morgan fingerprint density at radius 3 is 2.93 bits per heavy atom. The topological polar surface area (TPSA) is 32.6 Å². The van der Waals surface area contributed by atoms with Gasteiger partial charge in [0.15, 0.2) is 0 Å². The van der Waals surface area contributed by atoms with Crippen LogP contribution in [0.25, 0.3) is 0 Å². The highest BCUT2D eigenvalue weighted by Gasteiger charge is 2.35. The maximum absolute atomic E-state index is 9.08. The SMILES string of the molecule is CC1=NC2=C(C=CC(CO)C2)C1(C)C. The first-order valence-electron chi connectivity index (χ1n) is 5.14. The molecule has 0 saturated carbocycles. The van der Waals surface area contributed by atoms with Crippen molar-refractivity contribution in [2.45, 2.75) is 27.2 Å². The highest BCUT2D eigenvalue weighted by Crippen LogP contribution is 2.42. The van der Waals surface area contributed by atoms with Gasteiger partial charge >= 0.3 is 0 Å². The number of nitrogens with zero attached hydrogens (tertiary/aromatic N) is 1. The molecule has 76 valence electrons. The highest BCUT2D eigenvalue weighted by atomic mass is 16.3. The molecule has 0 fully saturated rings. The zero-order valence-electron chi connectivity index (χ0n) is 9.04. The van der Waals surface area contributed by atoms with Gasteiger partial charge in [-0.15, -0.1) is 0 Å². The van der Waals surface area contributed by atoms with E-state index in [-0.39, 0.29) is 17.9 Å². The summed E-state index contributed by atoms with van der Waals surface area (Å²) < 4.78 is 0. The minimum atomic E-state index is 0.0895. The van der Waals surface area contributed by atoms with Crippen LogP contribution in [0.1, 0.15) is 27.2 Å². The first kappa shape index (κ1) is 9.66. The van der Waals surface area contributed by atoms with Gasteiger partial charge in [0.1, 0.15) is 0 Å². The van der Waals surface area contributed by atoms with Gasteiger partial charge in [0, 0.05) is 29.3 Å². The number of hydrogen-bond acceptors (Lipinski definition) is 2. The predicted octanol–water partition coefficient (Wildman–Crippen LogP) is 2.31. The third-order valence-corrected chi connectivity index (χ3v) is 3.42. The fourth-order valence-corrected chi connectivity index (χ4v) is 2.09. The average molecular weight is 191 g/mol. The summed E-state index contributed by atoms with van der Waals surface area (Å²) in [5, 5.41) is 9.08. The number of aliphatic hydroxyl groups is 1. The second-order valence-electron chi connectivity index (χ2n) is 4.69. The molecule has 0 amide bonds. The Morgan fingerprint density at radius 1 is 1.57 bits per heavy atom. The summed E-state index contributed by atoms with van der Waals surface area (Å²) in [5.41, 5.74) is 3.78. The van der Waals surface area contributed by atoms with Crippen LogP contribution in [0.5, 0.6) is 0 Å². The highest BCUT2D eigenvalue weighted by molar-refractivity contribution is 5.94. The van der Waals surface area contributed by atoms with Crippen molar-refractivity contribution in [1.82, 2.24) is 0 Å². The molecule has 0 spiro atoms. The lowest BCUT2D eigenvalue weighted by Gasteiger charge is -2.24. The van der Waals surface area contributed by atoms with Crippen LogP contribution < -0.4 is 0 Å². The van der Waals surface area contributed by atoms with Gasteiger partial charge in [-0.05, 0) is 18.9 Å². The molecule has 2 nitrogen and oxygen atoms in total. The molecule has 1 aliphatic carbocycles. The Kier molecular flexibility index (Phi) is 2.11. The number of aliphatic imine (C=N–C) groups is 1. The Morgan fingerprint density at radius 2 is 2.29 bits per heavy atom. The van der Waals surface area contributed by atoms with Crippen molar-refractivity contribution in [2.24, 2.45) is 16.3 Å². The Labute approximate surface area is 85.1 Å². The second-order valence-corrected chi connectivity index (χ2v) is 4.69. The summed E-state index contributed by atoms with van der Waals surface area (Å²) in [6, 6.07) is 0.